The summed E-state index contributed by atoms with van der Waals surface area (Å²) in [5.41, 5.74) is 2.92. The predicted molar refractivity (Wildman–Crippen MR) is 134 cm³/mol. The first-order chi connectivity index (χ1) is 17.1. The summed E-state index contributed by atoms with van der Waals surface area (Å²) in [7, 11) is 3.30. The second-order valence-corrected chi connectivity index (χ2v) is 8.51. The van der Waals surface area contributed by atoms with Crippen molar-refractivity contribution in [2.75, 3.05) is 40.5 Å². The molecule has 0 bridgehead atoms. The van der Waals surface area contributed by atoms with Crippen LogP contribution >= 0.6 is 0 Å². The Balaban J connectivity index is 1.65. The maximum atomic E-state index is 13.1. The molecule has 2 heterocycles. The number of amides is 1. The average molecular weight is 479 g/mol. The molecular weight excluding hydrogens is 444 g/mol. The average Bonchev–Trinajstić information content (AvgIpc) is 3.41. The third-order valence-electron chi connectivity index (χ3n) is 6.62. The van der Waals surface area contributed by atoms with Crippen LogP contribution in [0.5, 0.6) is 17.2 Å². The van der Waals surface area contributed by atoms with Crippen LogP contribution in [0.1, 0.15) is 47.1 Å². The van der Waals surface area contributed by atoms with Gasteiger partial charge in [0, 0.05) is 19.6 Å². The monoisotopic (exact) mass is 478 g/mol. The quantitative estimate of drug-likeness (QED) is 0.411. The van der Waals surface area contributed by atoms with Crippen molar-refractivity contribution in [3.8, 4) is 17.2 Å². The van der Waals surface area contributed by atoms with Crippen molar-refractivity contribution in [3.63, 3.8) is 0 Å². The van der Waals surface area contributed by atoms with Gasteiger partial charge in [-0.3, -0.25) is 9.69 Å². The van der Waals surface area contributed by atoms with Gasteiger partial charge < -0.3 is 23.5 Å². The van der Waals surface area contributed by atoms with Gasteiger partial charge in [-0.05, 0) is 67.8 Å². The van der Waals surface area contributed by atoms with Crippen molar-refractivity contribution in [1.29, 1.82) is 0 Å². The van der Waals surface area contributed by atoms with E-state index in [9.17, 15) is 4.79 Å². The van der Waals surface area contributed by atoms with Crippen molar-refractivity contribution < 1.29 is 23.4 Å². The van der Waals surface area contributed by atoms with E-state index in [1.165, 1.54) is 5.56 Å². The summed E-state index contributed by atoms with van der Waals surface area (Å²) in [5, 5.41) is 0. The zero-order valence-corrected chi connectivity index (χ0v) is 21.0. The molecule has 0 fully saturated rings. The number of para-hydroxylation sites is 1. The Morgan fingerprint density at radius 3 is 2.46 bits per heavy atom. The molecule has 7 nitrogen and oxygen atoms in total. The van der Waals surface area contributed by atoms with E-state index in [0.717, 1.165) is 30.0 Å². The van der Waals surface area contributed by atoms with Crippen LogP contribution in [0.25, 0.3) is 0 Å². The lowest BCUT2D eigenvalue weighted by Crippen LogP contribution is -2.38. The molecule has 35 heavy (non-hydrogen) atoms. The lowest BCUT2D eigenvalue weighted by Gasteiger charge is -2.37. The molecule has 2 aromatic carbocycles. The van der Waals surface area contributed by atoms with E-state index in [1.54, 1.807) is 25.4 Å². The summed E-state index contributed by atoms with van der Waals surface area (Å²) in [5.74, 6) is 2.88. The summed E-state index contributed by atoms with van der Waals surface area (Å²) in [4.78, 5) is 17.3. The normalized spacial score (nSPS) is 15.4. The van der Waals surface area contributed by atoms with E-state index in [2.05, 4.69) is 11.0 Å². The van der Waals surface area contributed by atoms with E-state index < -0.39 is 0 Å². The Hall–Kier alpha value is -3.45. The standard InChI is InChI=1S/C28H34N2O5/c1-5-29(6-2)28(31)22-11-7-8-12-25(22)35-19-24-23-17-27(33-4)26(32-3)16-20(23)13-14-30(24)18-21-10-9-15-34-21/h7-12,15-17,24H,5-6,13-14,18-19H2,1-4H3. The zero-order valence-electron chi connectivity index (χ0n) is 21.0. The molecule has 0 saturated carbocycles. The van der Waals surface area contributed by atoms with Crippen molar-refractivity contribution in [2.24, 2.45) is 0 Å². The van der Waals surface area contributed by atoms with Gasteiger partial charge in [0.2, 0.25) is 0 Å². The molecule has 3 aromatic rings. The Morgan fingerprint density at radius 1 is 1.03 bits per heavy atom. The third kappa shape index (κ3) is 5.30. The highest BCUT2D eigenvalue weighted by atomic mass is 16.5. The number of hydrogen-bond acceptors (Lipinski definition) is 6. The maximum absolute atomic E-state index is 13.1. The Kier molecular flexibility index (Phi) is 7.98. The number of carbonyl (C=O) groups excluding carboxylic acids is 1. The first kappa shape index (κ1) is 24.7. The highest BCUT2D eigenvalue weighted by molar-refractivity contribution is 5.96. The number of carbonyl (C=O) groups is 1. The predicted octanol–water partition coefficient (Wildman–Crippen LogP) is 4.96. The molecule has 0 aliphatic carbocycles. The minimum absolute atomic E-state index is 0.0199. The molecule has 0 spiro atoms. The molecule has 1 unspecified atom stereocenters. The molecule has 0 radical (unpaired) electrons. The van der Waals surface area contributed by atoms with Gasteiger partial charge >= 0.3 is 0 Å². The first-order valence-corrected chi connectivity index (χ1v) is 12.1. The van der Waals surface area contributed by atoms with Crippen LogP contribution in [0.2, 0.25) is 0 Å². The highest BCUT2D eigenvalue weighted by Crippen LogP contribution is 2.39. The lowest BCUT2D eigenvalue weighted by molar-refractivity contribution is 0.0762. The number of ether oxygens (including phenoxy) is 3. The Labute approximate surface area is 207 Å². The minimum atomic E-state index is -0.0553. The van der Waals surface area contributed by atoms with Gasteiger partial charge in [-0.25, -0.2) is 0 Å². The van der Waals surface area contributed by atoms with Gasteiger partial charge in [0.1, 0.15) is 18.1 Å². The molecular formula is C28H34N2O5. The fraction of sp³-hybridized carbons (Fsp3) is 0.393. The van der Waals surface area contributed by atoms with Crippen molar-refractivity contribution in [3.05, 3.63) is 77.2 Å². The van der Waals surface area contributed by atoms with E-state index in [-0.39, 0.29) is 11.9 Å². The van der Waals surface area contributed by atoms with E-state index >= 15 is 0 Å². The van der Waals surface area contributed by atoms with Crippen LogP contribution in [-0.2, 0) is 13.0 Å². The van der Waals surface area contributed by atoms with Gasteiger partial charge in [0.15, 0.2) is 11.5 Å². The summed E-state index contributed by atoms with van der Waals surface area (Å²) in [6.45, 7) is 7.16. The number of fused-ring (bicyclic) bond motifs is 1. The molecule has 7 heteroatoms. The molecule has 0 N–H and O–H groups in total. The number of benzene rings is 2. The van der Waals surface area contributed by atoms with E-state index in [0.29, 0.717) is 43.3 Å². The molecule has 1 aliphatic rings. The fourth-order valence-electron chi connectivity index (χ4n) is 4.69. The highest BCUT2D eigenvalue weighted by Gasteiger charge is 2.31. The number of furan rings is 1. The molecule has 1 aliphatic heterocycles. The van der Waals surface area contributed by atoms with Gasteiger partial charge in [-0.2, -0.15) is 0 Å². The van der Waals surface area contributed by atoms with Crippen LogP contribution in [0.3, 0.4) is 0 Å². The van der Waals surface area contributed by atoms with E-state index in [4.69, 9.17) is 18.6 Å². The van der Waals surface area contributed by atoms with Crippen molar-refractivity contribution >= 4 is 5.91 Å². The topological polar surface area (TPSA) is 64.4 Å². The molecule has 4 rings (SSSR count). The fourth-order valence-corrected chi connectivity index (χ4v) is 4.69. The second kappa shape index (κ2) is 11.3. The molecule has 0 saturated heterocycles. The van der Waals surface area contributed by atoms with Crippen molar-refractivity contribution in [1.82, 2.24) is 9.80 Å². The van der Waals surface area contributed by atoms with Crippen LogP contribution in [0.15, 0.2) is 59.2 Å². The number of rotatable bonds is 10. The third-order valence-corrected chi connectivity index (χ3v) is 6.62. The summed E-state index contributed by atoms with van der Waals surface area (Å²) in [6.07, 6.45) is 2.58. The van der Waals surface area contributed by atoms with Crippen molar-refractivity contribution in [2.45, 2.75) is 32.9 Å². The Morgan fingerprint density at radius 2 is 1.77 bits per heavy atom. The summed E-state index contributed by atoms with van der Waals surface area (Å²) in [6, 6.07) is 15.4. The van der Waals surface area contributed by atoms with Crippen LogP contribution < -0.4 is 14.2 Å². The molecule has 1 aromatic heterocycles. The first-order valence-electron chi connectivity index (χ1n) is 12.1. The SMILES string of the molecule is CCN(CC)C(=O)c1ccccc1OCC1c2cc(OC)c(OC)cc2CCN1Cc1ccco1. The van der Waals surface area contributed by atoms with Crippen LogP contribution in [0, 0.1) is 0 Å². The zero-order chi connectivity index (χ0) is 24.8. The second-order valence-electron chi connectivity index (χ2n) is 8.51. The van der Waals surface area contributed by atoms with Gasteiger partial charge in [-0.15, -0.1) is 0 Å². The molecule has 1 atom stereocenters. The maximum Gasteiger partial charge on any atom is 0.257 e. The number of hydrogen-bond donors (Lipinski definition) is 0. The molecule has 1 amide bonds. The summed E-state index contributed by atoms with van der Waals surface area (Å²) >= 11 is 0. The lowest BCUT2D eigenvalue weighted by atomic mass is 9.92. The minimum Gasteiger partial charge on any atom is -0.493 e. The summed E-state index contributed by atoms with van der Waals surface area (Å²) < 4.78 is 23.2. The smallest absolute Gasteiger partial charge is 0.257 e. The Bertz CT molecular complexity index is 1120. The van der Waals surface area contributed by atoms with Crippen LogP contribution in [0.4, 0.5) is 0 Å². The van der Waals surface area contributed by atoms with E-state index in [1.807, 2.05) is 56.3 Å². The van der Waals surface area contributed by atoms with Crippen LogP contribution in [-0.4, -0.2) is 56.2 Å². The van der Waals surface area contributed by atoms with Gasteiger partial charge in [-0.1, -0.05) is 12.1 Å². The van der Waals surface area contributed by atoms with Gasteiger partial charge in [0.05, 0.1) is 38.6 Å². The largest absolute Gasteiger partial charge is 0.493 e. The van der Waals surface area contributed by atoms with Gasteiger partial charge in [0.25, 0.3) is 5.91 Å². The number of nitrogens with zero attached hydrogens (tertiary/aromatic N) is 2. The number of methoxy groups -OCH3 is 2. The molecule has 186 valence electrons.